The summed E-state index contributed by atoms with van der Waals surface area (Å²) in [5.74, 6) is 0.0376. The van der Waals surface area contributed by atoms with E-state index in [0.29, 0.717) is 5.69 Å². The predicted octanol–water partition coefficient (Wildman–Crippen LogP) is 0.332. The second-order valence-electron chi connectivity index (χ2n) is 2.61. The maximum Gasteiger partial charge on any atom is 0.165 e. The van der Waals surface area contributed by atoms with Gasteiger partial charge < -0.3 is 16.2 Å². The molecule has 1 aromatic rings. The lowest BCUT2D eigenvalue weighted by molar-refractivity contribution is -0.116. The summed E-state index contributed by atoms with van der Waals surface area (Å²) < 4.78 is 0. The summed E-state index contributed by atoms with van der Waals surface area (Å²) >= 11 is 0. The van der Waals surface area contributed by atoms with Gasteiger partial charge in [-0.15, -0.1) is 0 Å². The van der Waals surface area contributed by atoms with Crippen molar-refractivity contribution in [2.24, 2.45) is 5.73 Å². The van der Waals surface area contributed by atoms with E-state index in [1.165, 1.54) is 0 Å². The van der Waals surface area contributed by atoms with Gasteiger partial charge in [0, 0.05) is 0 Å². The molecule has 0 aliphatic heterocycles. The average Bonchev–Trinajstić information content (AvgIpc) is 2.16. The number of carbonyl (C=O) groups is 1. The molecule has 1 rings (SSSR count). The number of phenolic OH excluding ortho intramolecular Hbond substituents is 1. The molecule has 70 valence electrons. The van der Waals surface area contributed by atoms with Crippen LogP contribution in [-0.4, -0.2) is 24.0 Å². The largest absolute Gasteiger partial charge is 0.506 e. The molecule has 1 aromatic carbocycles. The zero-order valence-electron chi connectivity index (χ0n) is 7.16. The van der Waals surface area contributed by atoms with Crippen molar-refractivity contribution in [3.8, 4) is 5.75 Å². The highest BCUT2D eigenvalue weighted by Gasteiger charge is 2.01. The molecule has 4 N–H and O–H groups in total. The summed E-state index contributed by atoms with van der Waals surface area (Å²) in [4.78, 5) is 10.8. The Bertz CT molecular complexity index is 299. The van der Waals surface area contributed by atoms with Gasteiger partial charge in [-0.25, -0.2) is 0 Å². The Balaban J connectivity index is 2.54. The van der Waals surface area contributed by atoms with E-state index < -0.39 is 0 Å². The minimum absolute atomic E-state index is 0.0145. The summed E-state index contributed by atoms with van der Waals surface area (Å²) in [6.07, 6.45) is 0. The molecule has 0 heterocycles. The number of para-hydroxylation sites is 2. The van der Waals surface area contributed by atoms with Crippen LogP contribution in [0.15, 0.2) is 24.3 Å². The Kier molecular flexibility index (Phi) is 3.28. The SMILES string of the molecule is NCC(=O)CNc1ccccc1O. The van der Waals surface area contributed by atoms with Gasteiger partial charge in [0.25, 0.3) is 0 Å². The molecule has 0 fully saturated rings. The minimum atomic E-state index is -0.0942. The summed E-state index contributed by atoms with van der Waals surface area (Å²) in [6.45, 7) is 0.161. The van der Waals surface area contributed by atoms with Gasteiger partial charge in [0.2, 0.25) is 0 Å². The van der Waals surface area contributed by atoms with Crippen LogP contribution in [0.3, 0.4) is 0 Å². The number of nitrogens with two attached hydrogens (primary N) is 1. The maximum absolute atomic E-state index is 10.8. The first-order chi connectivity index (χ1) is 6.24. The van der Waals surface area contributed by atoms with Gasteiger partial charge in [0.1, 0.15) is 5.75 Å². The quantitative estimate of drug-likeness (QED) is 0.584. The third kappa shape index (κ3) is 2.76. The van der Waals surface area contributed by atoms with E-state index in [1.807, 2.05) is 0 Å². The van der Waals surface area contributed by atoms with Gasteiger partial charge >= 0.3 is 0 Å². The number of anilines is 1. The van der Waals surface area contributed by atoms with Crippen molar-refractivity contribution in [1.82, 2.24) is 0 Å². The average molecular weight is 180 g/mol. The molecule has 0 bridgehead atoms. The molecule has 0 aromatic heterocycles. The van der Waals surface area contributed by atoms with Crippen molar-refractivity contribution in [1.29, 1.82) is 0 Å². The van der Waals surface area contributed by atoms with Crippen molar-refractivity contribution in [2.75, 3.05) is 18.4 Å². The molecule has 0 amide bonds. The first-order valence-corrected chi connectivity index (χ1v) is 3.97. The van der Waals surface area contributed by atoms with Gasteiger partial charge in [0.15, 0.2) is 5.78 Å². The monoisotopic (exact) mass is 180 g/mol. The Labute approximate surface area is 76.4 Å². The van der Waals surface area contributed by atoms with E-state index in [1.54, 1.807) is 24.3 Å². The van der Waals surface area contributed by atoms with Crippen molar-refractivity contribution in [2.45, 2.75) is 0 Å². The molecule has 0 aliphatic rings. The first kappa shape index (κ1) is 9.54. The highest BCUT2D eigenvalue weighted by atomic mass is 16.3. The number of carbonyl (C=O) groups excluding carboxylic acids is 1. The minimum Gasteiger partial charge on any atom is -0.506 e. The lowest BCUT2D eigenvalue weighted by Crippen LogP contribution is -2.22. The first-order valence-electron chi connectivity index (χ1n) is 3.97. The number of benzene rings is 1. The van der Waals surface area contributed by atoms with E-state index in [4.69, 9.17) is 5.73 Å². The zero-order chi connectivity index (χ0) is 9.68. The number of ketones is 1. The molecule has 4 nitrogen and oxygen atoms in total. The van der Waals surface area contributed by atoms with E-state index >= 15 is 0 Å². The zero-order valence-corrected chi connectivity index (χ0v) is 7.16. The van der Waals surface area contributed by atoms with Crippen molar-refractivity contribution in [3.05, 3.63) is 24.3 Å². The third-order valence-corrected chi connectivity index (χ3v) is 1.61. The normalized spacial score (nSPS) is 9.62. The highest BCUT2D eigenvalue weighted by molar-refractivity contribution is 5.84. The van der Waals surface area contributed by atoms with Crippen LogP contribution in [0.1, 0.15) is 0 Å². The van der Waals surface area contributed by atoms with Crippen LogP contribution in [-0.2, 0) is 4.79 Å². The fraction of sp³-hybridized carbons (Fsp3) is 0.222. The molecule has 0 aliphatic carbocycles. The van der Waals surface area contributed by atoms with Crippen LogP contribution in [0, 0.1) is 0 Å². The van der Waals surface area contributed by atoms with Crippen LogP contribution >= 0.6 is 0 Å². The molecule has 4 heteroatoms. The van der Waals surface area contributed by atoms with Crippen molar-refractivity contribution in [3.63, 3.8) is 0 Å². The fourth-order valence-electron chi connectivity index (χ4n) is 0.889. The highest BCUT2D eigenvalue weighted by Crippen LogP contribution is 2.20. The molecule has 0 unspecified atom stereocenters. The molecule has 0 saturated carbocycles. The summed E-state index contributed by atoms with van der Waals surface area (Å²) in [5.41, 5.74) is 5.67. The van der Waals surface area contributed by atoms with Gasteiger partial charge in [-0.3, -0.25) is 4.79 Å². The number of phenols is 1. The number of nitrogens with one attached hydrogen (secondary N) is 1. The lowest BCUT2D eigenvalue weighted by atomic mass is 10.3. The van der Waals surface area contributed by atoms with Crippen LogP contribution in [0.25, 0.3) is 0 Å². The molecule has 0 radical (unpaired) electrons. The molecule has 0 saturated heterocycles. The third-order valence-electron chi connectivity index (χ3n) is 1.61. The Hall–Kier alpha value is -1.55. The van der Waals surface area contributed by atoms with Crippen LogP contribution < -0.4 is 11.1 Å². The van der Waals surface area contributed by atoms with E-state index in [-0.39, 0.29) is 24.6 Å². The number of rotatable bonds is 4. The Morgan fingerprint density at radius 3 is 2.77 bits per heavy atom. The number of Topliss-reactive ketones (excluding diaryl/α,β-unsaturated/α-hetero) is 1. The standard InChI is InChI=1S/C9H12N2O2/c10-5-7(12)6-11-8-3-1-2-4-9(8)13/h1-4,11,13H,5-6,10H2. The molecule has 13 heavy (non-hydrogen) atoms. The molecular formula is C9H12N2O2. The molecule has 0 atom stereocenters. The molecular weight excluding hydrogens is 168 g/mol. The van der Waals surface area contributed by atoms with Gasteiger partial charge in [-0.05, 0) is 12.1 Å². The maximum atomic E-state index is 10.8. The second-order valence-corrected chi connectivity index (χ2v) is 2.61. The second kappa shape index (κ2) is 4.47. The van der Waals surface area contributed by atoms with Crippen LogP contribution in [0.2, 0.25) is 0 Å². The van der Waals surface area contributed by atoms with E-state index in [2.05, 4.69) is 5.32 Å². The summed E-state index contributed by atoms with van der Waals surface area (Å²) in [5, 5.41) is 12.1. The number of hydrogen-bond acceptors (Lipinski definition) is 4. The number of aromatic hydroxyl groups is 1. The topological polar surface area (TPSA) is 75.4 Å². The predicted molar refractivity (Wildman–Crippen MR) is 50.7 cm³/mol. The molecule has 0 spiro atoms. The lowest BCUT2D eigenvalue weighted by Gasteiger charge is -2.05. The fourth-order valence-corrected chi connectivity index (χ4v) is 0.889. The van der Waals surface area contributed by atoms with Crippen LogP contribution in [0.4, 0.5) is 5.69 Å². The number of hydrogen-bond donors (Lipinski definition) is 3. The van der Waals surface area contributed by atoms with Crippen LogP contribution in [0.5, 0.6) is 5.75 Å². The van der Waals surface area contributed by atoms with Crippen molar-refractivity contribution < 1.29 is 9.90 Å². The van der Waals surface area contributed by atoms with E-state index in [0.717, 1.165) is 0 Å². The van der Waals surface area contributed by atoms with Crippen molar-refractivity contribution >= 4 is 11.5 Å². The Morgan fingerprint density at radius 2 is 2.15 bits per heavy atom. The Morgan fingerprint density at radius 1 is 1.46 bits per heavy atom. The smallest absolute Gasteiger partial charge is 0.165 e. The van der Waals surface area contributed by atoms with Gasteiger partial charge in [-0.2, -0.15) is 0 Å². The van der Waals surface area contributed by atoms with E-state index in [9.17, 15) is 9.90 Å². The van der Waals surface area contributed by atoms with Gasteiger partial charge in [-0.1, -0.05) is 12.1 Å². The summed E-state index contributed by atoms with van der Waals surface area (Å²) in [6, 6.07) is 6.73. The van der Waals surface area contributed by atoms with Gasteiger partial charge in [0.05, 0.1) is 18.8 Å². The summed E-state index contributed by atoms with van der Waals surface area (Å²) in [7, 11) is 0.